The molecule has 1 aromatic heterocycles. The summed E-state index contributed by atoms with van der Waals surface area (Å²) in [6, 6.07) is 14.7. The minimum atomic E-state index is -0.493. The summed E-state index contributed by atoms with van der Waals surface area (Å²) < 4.78 is 7.65. The number of aromatic nitrogens is 1. The maximum Gasteiger partial charge on any atom is 0.407 e. The molecule has 33 heavy (non-hydrogen) atoms. The Balaban J connectivity index is 1.18. The van der Waals surface area contributed by atoms with Gasteiger partial charge in [0.2, 0.25) is 5.91 Å². The lowest BCUT2D eigenvalue weighted by Crippen LogP contribution is -2.39. The lowest BCUT2D eigenvalue weighted by atomic mass is 10.1. The second kappa shape index (κ2) is 8.06. The number of amides is 2. The molecule has 7 nitrogen and oxygen atoms in total. The number of aryl methyl sites for hydroxylation is 1. The van der Waals surface area contributed by atoms with Crippen molar-refractivity contribution in [1.29, 1.82) is 0 Å². The summed E-state index contributed by atoms with van der Waals surface area (Å²) >= 11 is 0. The number of rotatable bonds is 5. The standard InChI is InChI=1S/C26H32N4O3/c1-5-30-21-9-7-6-8-17(21)18-12-16(10-11-22(18)30)27-23(31)15-29-13-19-20(14-29)24(19)28-25(32)33-26(2,3)4/h6-12,19-20,24H,5,13-15H2,1-4H3,(H,27,31)(H,28,32). The number of hydrogen-bond acceptors (Lipinski definition) is 4. The maximum atomic E-state index is 12.7. The minimum Gasteiger partial charge on any atom is -0.444 e. The van der Waals surface area contributed by atoms with E-state index in [1.807, 2.05) is 26.8 Å². The molecular formula is C26H32N4O3. The van der Waals surface area contributed by atoms with Crippen molar-refractivity contribution in [2.75, 3.05) is 25.0 Å². The Labute approximate surface area is 194 Å². The first kappa shape index (κ1) is 21.8. The number of ether oxygens (including phenoxy) is 1. The summed E-state index contributed by atoms with van der Waals surface area (Å²) in [6.45, 7) is 10.6. The van der Waals surface area contributed by atoms with Crippen LogP contribution in [0.25, 0.3) is 21.8 Å². The summed E-state index contributed by atoms with van der Waals surface area (Å²) in [6.07, 6.45) is -0.356. The molecule has 1 saturated carbocycles. The third kappa shape index (κ3) is 4.29. The number of para-hydroxylation sites is 1. The summed E-state index contributed by atoms with van der Waals surface area (Å²) in [5, 5.41) is 8.40. The molecule has 2 atom stereocenters. The molecule has 7 heteroatoms. The van der Waals surface area contributed by atoms with Crippen molar-refractivity contribution >= 4 is 39.5 Å². The van der Waals surface area contributed by atoms with Crippen molar-refractivity contribution in [3.63, 3.8) is 0 Å². The highest BCUT2D eigenvalue weighted by atomic mass is 16.6. The molecule has 1 aliphatic heterocycles. The first-order chi connectivity index (χ1) is 15.7. The third-order valence-corrected chi connectivity index (χ3v) is 6.69. The van der Waals surface area contributed by atoms with Gasteiger partial charge in [-0.1, -0.05) is 18.2 Å². The van der Waals surface area contributed by atoms with Crippen LogP contribution in [0.15, 0.2) is 42.5 Å². The van der Waals surface area contributed by atoms with Crippen LogP contribution in [0.5, 0.6) is 0 Å². The van der Waals surface area contributed by atoms with Gasteiger partial charge in [-0.2, -0.15) is 0 Å². The molecule has 2 aromatic carbocycles. The molecule has 2 heterocycles. The zero-order chi connectivity index (χ0) is 23.3. The van der Waals surface area contributed by atoms with Crippen molar-refractivity contribution < 1.29 is 14.3 Å². The molecule has 3 aromatic rings. The summed E-state index contributed by atoms with van der Waals surface area (Å²) in [5.41, 5.74) is 2.72. The van der Waals surface area contributed by atoms with Gasteiger partial charge in [-0.25, -0.2) is 4.79 Å². The monoisotopic (exact) mass is 448 g/mol. The van der Waals surface area contributed by atoms with Crippen LogP contribution in [-0.2, 0) is 16.1 Å². The Bertz CT molecular complexity index is 1210. The number of hydrogen-bond donors (Lipinski definition) is 2. The van der Waals surface area contributed by atoms with Gasteiger partial charge in [-0.3, -0.25) is 9.69 Å². The summed E-state index contributed by atoms with van der Waals surface area (Å²) in [5.74, 6) is 0.801. The molecule has 2 unspecified atom stereocenters. The van der Waals surface area contributed by atoms with Crippen LogP contribution in [0, 0.1) is 11.8 Å². The van der Waals surface area contributed by atoms with Gasteiger partial charge in [-0.05, 0) is 63.8 Å². The van der Waals surface area contributed by atoms with Crippen LogP contribution in [-0.4, -0.2) is 52.7 Å². The highest BCUT2D eigenvalue weighted by Crippen LogP contribution is 2.45. The minimum absolute atomic E-state index is 0.00784. The fourth-order valence-corrected chi connectivity index (χ4v) is 5.28. The second-order valence-corrected chi connectivity index (χ2v) is 10.2. The lowest BCUT2D eigenvalue weighted by Gasteiger charge is -2.22. The molecule has 1 saturated heterocycles. The van der Waals surface area contributed by atoms with Gasteiger partial charge < -0.3 is 19.9 Å². The molecule has 2 amide bonds. The molecule has 0 bridgehead atoms. The maximum absolute atomic E-state index is 12.7. The quantitative estimate of drug-likeness (QED) is 0.613. The number of nitrogens with zero attached hydrogens (tertiary/aromatic N) is 2. The van der Waals surface area contributed by atoms with E-state index in [-0.39, 0.29) is 18.0 Å². The Hall–Kier alpha value is -3.06. The van der Waals surface area contributed by atoms with E-state index in [0.717, 1.165) is 30.7 Å². The lowest BCUT2D eigenvalue weighted by molar-refractivity contribution is -0.117. The predicted octanol–water partition coefficient (Wildman–Crippen LogP) is 4.21. The highest BCUT2D eigenvalue weighted by Gasteiger charge is 2.56. The van der Waals surface area contributed by atoms with E-state index in [9.17, 15) is 9.59 Å². The Morgan fingerprint density at radius 2 is 1.73 bits per heavy atom. The van der Waals surface area contributed by atoms with Gasteiger partial charge in [0.25, 0.3) is 0 Å². The molecular weight excluding hydrogens is 416 g/mol. The zero-order valence-corrected chi connectivity index (χ0v) is 19.7. The smallest absolute Gasteiger partial charge is 0.407 e. The van der Waals surface area contributed by atoms with Crippen LogP contribution in [0.3, 0.4) is 0 Å². The van der Waals surface area contributed by atoms with Gasteiger partial charge in [0.05, 0.1) is 6.54 Å². The van der Waals surface area contributed by atoms with Gasteiger partial charge in [0.15, 0.2) is 0 Å². The van der Waals surface area contributed by atoms with E-state index < -0.39 is 5.60 Å². The van der Waals surface area contributed by atoms with E-state index in [0.29, 0.717) is 18.4 Å². The Morgan fingerprint density at radius 1 is 1.03 bits per heavy atom. The van der Waals surface area contributed by atoms with Crippen LogP contribution in [0.4, 0.5) is 10.5 Å². The average Bonchev–Trinajstić information content (AvgIpc) is 3.09. The molecule has 1 aliphatic carbocycles. The van der Waals surface area contributed by atoms with E-state index in [2.05, 4.69) is 63.4 Å². The third-order valence-electron chi connectivity index (χ3n) is 6.69. The van der Waals surface area contributed by atoms with E-state index in [4.69, 9.17) is 4.74 Å². The van der Waals surface area contributed by atoms with Gasteiger partial charge in [-0.15, -0.1) is 0 Å². The van der Waals surface area contributed by atoms with Crippen LogP contribution < -0.4 is 10.6 Å². The van der Waals surface area contributed by atoms with E-state index >= 15 is 0 Å². The largest absolute Gasteiger partial charge is 0.444 e. The molecule has 174 valence electrons. The van der Waals surface area contributed by atoms with Gasteiger partial charge >= 0.3 is 6.09 Å². The average molecular weight is 449 g/mol. The Morgan fingerprint density at radius 3 is 2.42 bits per heavy atom. The number of benzene rings is 2. The normalized spacial score (nSPS) is 22.4. The number of piperidine rings is 1. The summed E-state index contributed by atoms with van der Waals surface area (Å²) in [4.78, 5) is 26.9. The number of nitrogens with one attached hydrogen (secondary N) is 2. The van der Waals surface area contributed by atoms with E-state index in [1.54, 1.807) is 0 Å². The van der Waals surface area contributed by atoms with Crippen molar-refractivity contribution in [3.8, 4) is 0 Å². The van der Waals surface area contributed by atoms with Gasteiger partial charge in [0, 0.05) is 53.2 Å². The number of anilines is 1. The zero-order valence-electron chi connectivity index (χ0n) is 19.7. The predicted molar refractivity (Wildman–Crippen MR) is 130 cm³/mol. The first-order valence-electron chi connectivity index (χ1n) is 11.8. The topological polar surface area (TPSA) is 75.6 Å². The highest BCUT2D eigenvalue weighted by molar-refractivity contribution is 6.09. The van der Waals surface area contributed by atoms with Crippen molar-refractivity contribution in [2.24, 2.45) is 11.8 Å². The molecule has 2 aliphatic rings. The summed E-state index contributed by atoms with van der Waals surface area (Å²) in [7, 11) is 0. The van der Waals surface area contributed by atoms with Crippen molar-refractivity contribution in [3.05, 3.63) is 42.5 Å². The van der Waals surface area contributed by atoms with Gasteiger partial charge in [0.1, 0.15) is 5.60 Å². The SMILES string of the molecule is CCn1c2ccccc2c2cc(NC(=O)CN3CC4C(C3)C4NC(=O)OC(C)(C)C)ccc21. The fraction of sp³-hybridized carbons (Fsp3) is 0.462. The number of carbonyl (C=O) groups is 2. The number of likely N-dealkylation sites (tertiary alicyclic amines) is 1. The Kier molecular flexibility index (Phi) is 5.32. The van der Waals surface area contributed by atoms with Crippen LogP contribution >= 0.6 is 0 Å². The van der Waals surface area contributed by atoms with Crippen molar-refractivity contribution in [2.45, 2.75) is 45.9 Å². The van der Waals surface area contributed by atoms with Crippen LogP contribution in [0.1, 0.15) is 27.7 Å². The number of carbonyl (C=O) groups excluding carboxylic acids is 2. The number of alkyl carbamates (subject to hydrolysis) is 1. The van der Waals surface area contributed by atoms with E-state index in [1.165, 1.54) is 16.4 Å². The molecule has 2 fully saturated rings. The molecule has 5 rings (SSSR count). The molecule has 2 N–H and O–H groups in total. The second-order valence-electron chi connectivity index (χ2n) is 10.2. The first-order valence-corrected chi connectivity index (χ1v) is 11.8. The van der Waals surface area contributed by atoms with Crippen LogP contribution in [0.2, 0.25) is 0 Å². The molecule has 0 radical (unpaired) electrons. The molecule has 0 spiro atoms. The number of fused-ring (bicyclic) bond motifs is 4. The fourth-order valence-electron chi connectivity index (χ4n) is 5.28. The van der Waals surface area contributed by atoms with Crippen molar-refractivity contribution in [1.82, 2.24) is 14.8 Å².